The molecule has 2 aromatic heterocycles. The summed E-state index contributed by atoms with van der Waals surface area (Å²) in [6, 6.07) is 6.77. The van der Waals surface area contributed by atoms with Crippen molar-refractivity contribution in [2.24, 2.45) is 0 Å². The number of hydrogen-bond acceptors (Lipinski definition) is 5. The van der Waals surface area contributed by atoms with Crippen molar-refractivity contribution in [3.8, 4) is 0 Å². The van der Waals surface area contributed by atoms with E-state index in [0.29, 0.717) is 35.9 Å². The fraction of sp³-hybridized carbons (Fsp3) is 0.300. The Kier molecular flexibility index (Phi) is 5.88. The van der Waals surface area contributed by atoms with Crippen LogP contribution in [0.5, 0.6) is 0 Å². The number of nitrogen functional groups attached to an aromatic ring is 1. The van der Waals surface area contributed by atoms with Gasteiger partial charge in [0, 0.05) is 11.8 Å². The number of amides is 1. The van der Waals surface area contributed by atoms with E-state index in [-0.39, 0.29) is 17.4 Å². The summed E-state index contributed by atoms with van der Waals surface area (Å²) in [7, 11) is 0. The molecule has 3 aromatic rings. The highest BCUT2D eigenvalue weighted by molar-refractivity contribution is 5.95. The van der Waals surface area contributed by atoms with Crippen LogP contribution >= 0.6 is 0 Å². The summed E-state index contributed by atoms with van der Waals surface area (Å²) in [6.45, 7) is 1.96. The molecule has 28 heavy (non-hydrogen) atoms. The smallest absolute Gasteiger partial charge is 0.262 e. The Morgan fingerprint density at radius 2 is 2.04 bits per heavy atom. The molecule has 0 saturated heterocycles. The molecule has 0 saturated carbocycles. The average molecular weight is 381 g/mol. The number of carbonyl (C=O) groups is 2. The van der Waals surface area contributed by atoms with Crippen LogP contribution in [-0.4, -0.2) is 33.2 Å². The molecule has 1 aromatic carbocycles. The second-order valence-corrected chi connectivity index (χ2v) is 6.69. The first-order valence-electron chi connectivity index (χ1n) is 9.22. The van der Waals surface area contributed by atoms with Crippen LogP contribution in [0.1, 0.15) is 41.3 Å². The number of aldehydes is 1. The molecule has 5 N–H and O–H groups in total. The van der Waals surface area contributed by atoms with Crippen molar-refractivity contribution in [1.82, 2.24) is 20.3 Å². The Balaban J connectivity index is 1.66. The normalized spacial score (nSPS) is 12.0. The fourth-order valence-electron chi connectivity index (χ4n) is 3.16. The first-order valence-corrected chi connectivity index (χ1v) is 9.22. The topological polar surface area (TPSA) is 134 Å². The summed E-state index contributed by atoms with van der Waals surface area (Å²) in [6.07, 6.45) is 5.32. The molecular weight excluding hydrogens is 358 g/mol. The first-order chi connectivity index (χ1) is 13.5. The van der Waals surface area contributed by atoms with E-state index in [4.69, 9.17) is 5.73 Å². The van der Waals surface area contributed by atoms with Crippen LogP contribution in [0.2, 0.25) is 0 Å². The zero-order valence-electron chi connectivity index (χ0n) is 15.6. The van der Waals surface area contributed by atoms with Gasteiger partial charge in [-0.2, -0.15) is 4.98 Å². The maximum Gasteiger partial charge on any atom is 0.262 e. The van der Waals surface area contributed by atoms with Gasteiger partial charge in [-0.05, 0) is 42.5 Å². The van der Waals surface area contributed by atoms with E-state index in [1.807, 2.05) is 19.1 Å². The highest BCUT2D eigenvalue weighted by Gasteiger charge is 2.13. The Hall–Kier alpha value is -3.42. The Bertz CT molecular complexity index is 1040. The molecule has 2 heterocycles. The van der Waals surface area contributed by atoms with Gasteiger partial charge in [0.25, 0.3) is 11.5 Å². The second-order valence-electron chi connectivity index (χ2n) is 6.69. The van der Waals surface area contributed by atoms with Gasteiger partial charge in [-0.15, -0.1) is 0 Å². The van der Waals surface area contributed by atoms with Gasteiger partial charge in [-0.3, -0.25) is 14.6 Å². The lowest BCUT2D eigenvalue weighted by Gasteiger charge is -2.11. The van der Waals surface area contributed by atoms with Crippen LogP contribution in [0.4, 0.5) is 5.95 Å². The van der Waals surface area contributed by atoms with Gasteiger partial charge in [-0.25, -0.2) is 0 Å². The summed E-state index contributed by atoms with van der Waals surface area (Å²) >= 11 is 0. The number of aryl methyl sites for hydroxylation is 2. The minimum Gasteiger partial charge on any atom is -0.369 e. The molecule has 146 valence electrons. The molecule has 8 heteroatoms. The van der Waals surface area contributed by atoms with E-state index in [1.165, 1.54) is 0 Å². The summed E-state index contributed by atoms with van der Waals surface area (Å²) in [5, 5.41) is 3.24. The molecule has 0 aliphatic carbocycles. The molecule has 8 nitrogen and oxygen atoms in total. The van der Waals surface area contributed by atoms with Crippen molar-refractivity contribution in [1.29, 1.82) is 0 Å². The van der Waals surface area contributed by atoms with Crippen LogP contribution in [0.25, 0.3) is 11.0 Å². The summed E-state index contributed by atoms with van der Waals surface area (Å²) in [5.74, 6) is -0.181. The Morgan fingerprint density at radius 3 is 2.71 bits per heavy atom. The monoisotopic (exact) mass is 381 g/mol. The summed E-state index contributed by atoms with van der Waals surface area (Å²) in [4.78, 5) is 44.9. The van der Waals surface area contributed by atoms with Crippen molar-refractivity contribution in [3.05, 3.63) is 57.5 Å². The van der Waals surface area contributed by atoms with Crippen molar-refractivity contribution >= 4 is 29.2 Å². The van der Waals surface area contributed by atoms with Gasteiger partial charge in [0.05, 0.1) is 11.4 Å². The number of nitrogens with two attached hydrogens (primary N) is 1. The molecule has 1 atom stereocenters. The van der Waals surface area contributed by atoms with Gasteiger partial charge in [0.2, 0.25) is 5.95 Å². The number of carbonyl (C=O) groups excluding carboxylic acids is 2. The minimum atomic E-state index is -0.459. The number of fused-ring (bicyclic) bond motifs is 1. The maximum absolute atomic E-state index is 12.2. The molecule has 0 bridgehead atoms. The highest BCUT2D eigenvalue weighted by atomic mass is 16.2. The molecule has 0 spiro atoms. The highest BCUT2D eigenvalue weighted by Crippen LogP contribution is 2.16. The number of anilines is 1. The van der Waals surface area contributed by atoms with Gasteiger partial charge in [0.15, 0.2) is 0 Å². The standard InChI is InChI=1S/C20H23N5O3/c1-2-3-15(11-26)23-18(27)13-7-4-12(5-8-13)6-9-14-10-22-17-16(14)19(28)25-20(21)24-17/h4-5,7-8,10-11,15H,2-3,6,9H2,1H3,(H,23,27)(H4,21,22,24,25,28)/t15-/m0/s1. The average Bonchev–Trinajstić information content (AvgIpc) is 3.09. The van der Waals surface area contributed by atoms with Crippen molar-refractivity contribution in [3.63, 3.8) is 0 Å². The third-order valence-electron chi connectivity index (χ3n) is 4.62. The SMILES string of the molecule is CCC[C@@H](C=O)NC(=O)c1ccc(CCc2c[nH]c3nc(N)[nH]c(=O)c23)cc1. The molecule has 0 aliphatic rings. The van der Waals surface area contributed by atoms with Gasteiger partial charge in [-0.1, -0.05) is 25.5 Å². The van der Waals surface area contributed by atoms with Gasteiger partial charge in [0.1, 0.15) is 11.9 Å². The lowest BCUT2D eigenvalue weighted by molar-refractivity contribution is -0.109. The molecular formula is C20H23N5O3. The van der Waals surface area contributed by atoms with Crippen LogP contribution in [0.3, 0.4) is 0 Å². The van der Waals surface area contributed by atoms with E-state index in [2.05, 4.69) is 20.3 Å². The molecule has 0 unspecified atom stereocenters. The lowest BCUT2D eigenvalue weighted by atomic mass is 10.0. The third kappa shape index (κ3) is 4.28. The van der Waals surface area contributed by atoms with Crippen molar-refractivity contribution in [2.75, 3.05) is 5.73 Å². The Morgan fingerprint density at radius 1 is 1.29 bits per heavy atom. The molecule has 3 rings (SSSR count). The number of benzene rings is 1. The van der Waals surface area contributed by atoms with E-state index < -0.39 is 6.04 Å². The quantitative estimate of drug-likeness (QED) is 0.441. The predicted molar refractivity (Wildman–Crippen MR) is 107 cm³/mol. The van der Waals surface area contributed by atoms with E-state index in [1.54, 1.807) is 18.3 Å². The van der Waals surface area contributed by atoms with Crippen LogP contribution in [-0.2, 0) is 17.6 Å². The first kappa shape index (κ1) is 19.3. The summed E-state index contributed by atoms with van der Waals surface area (Å²) in [5.41, 5.74) is 8.17. The van der Waals surface area contributed by atoms with Crippen LogP contribution < -0.4 is 16.6 Å². The van der Waals surface area contributed by atoms with Gasteiger partial charge < -0.3 is 20.8 Å². The zero-order chi connectivity index (χ0) is 20.1. The van der Waals surface area contributed by atoms with E-state index >= 15 is 0 Å². The largest absolute Gasteiger partial charge is 0.369 e. The molecule has 0 fully saturated rings. The fourth-order valence-corrected chi connectivity index (χ4v) is 3.16. The van der Waals surface area contributed by atoms with Crippen LogP contribution in [0.15, 0.2) is 35.3 Å². The number of H-pyrrole nitrogens is 2. The lowest BCUT2D eigenvalue weighted by Crippen LogP contribution is -2.35. The van der Waals surface area contributed by atoms with E-state index in [0.717, 1.165) is 23.8 Å². The van der Waals surface area contributed by atoms with E-state index in [9.17, 15) is 14.4 Å². The predicted octanol–water partition coefficient (Wildman–Crippen LogP) is 1.72. The maximum atomic E-state index is 12.2. The number of rotatable bonds is 8. The Labute approximate surface area is 161 Å². The molecule has 1 amide bonds. The zero-order valence-corrected chi connectivity index (χ0v) is 15.6. The van der Waals surface area contributed by atoms with Crippen LogP contribution in [0, 0.1) is 0 Å². The number of nitrogens with one attached hydrogen (secondary N) is 3. The minimum absolute atomic E-state index is 0.0792. The third-order valence-corrected chi connectivity index (χ3v) is 4.62. The molecule has 0 radical (unpaired) electrons. The van der Waals surface area contributed by atoms with Crippen molar-refractivity contribution in [2.45, 2.75) is 38.6 Å². The summed E-state index contributed by atoms with van der Waals surface area (Å²) < 4.78 is 0. The number of aromatic amines is 2. The number of hydrogen-bond donors (Lipinski definition) is 4. The van der Waals surface area contributed by atoms with Gasteiger partial charge >= 0.3 is 0 Å². The van der Waals surface area contributed by atoms with Crippen molar-refractivity contribution < 1.29 is 9.59 Å². The molecule has 0 aliphatic heterocycles. The number of nitrogens with zero attached hydrogens (tertiary/aromatic N) is 1. The number of aromatic nitrogens is 3. The second kappa shape index (κ2) is 8.51.